The van der Waals surface area contributed by atoms with Gasteiger partial charge in [0.2, 0.25) is 0 Å². The number of carbonyl (C=O) groups is 2. The lowest BCUT2D eigenvalue weighted by Gasteiger charge is -2.27. The van der Waals surface area contributed by atoms with E-state index in [4.69, 9.17) is 9.47 Å². The number of hydrogen-bond acceptors (Lipinski definition) is 8. The molecule has 0 saturated carbocycles. The highest BCUT2D eigenvalue weighted by Gasteiger charge is 2.23. The maximum Gasteiger partial charge on any atom is 0.271 e. The van der Waals surface area contributed by atoms with Crippen LogP contribution in [0.1, 0.15) is 32.1 Å². The Morgan fingerprint density at radius 1 is 1.21 bits per heavy atom. The highest BCUT2D eigenvalue weighted by atomic mass is 32.1. The first-order chi connectivity index (χ1) is 16.6. The van der Waals surface area contributed by atoms with Gasteiger partial charge < -0.3 is 14.8 Å². The van der Waals surface area contributed by atoms with Gasteiger partial charge in [0.05, 0.1) is 25.2 Å². The predicted molar refractivity (Wildman–Crippen MR) is 134 cm³/mol. The van der Waals surface area contributed by atoms with Crippen LogP contribution in [0.3, 0.4) is 0 Å². The maximum atomic E-state index is 13.2. The van der Waals surface area contributed by atoms with Gasteiger partial charge in [-0.05, 0) is 35.6 Å². The summed E-state index contributed by atoms with van der Waals surface area (Å²) in [6.45, 7) is 5.10. The summed E-state index contributed by atoms with van der Waals surface area (Å²) in [6, 6.07) is 11.2. The van der Waals surface area contributed by atoms with E-state index in [0.29, 0.717) is 28.8 Å². The summed E-state index contributed by atoms with van der Waals surface area (Å²) in [5, 5.41) is 7.01. The van der Waals surface area contributed by atoms with Crippen molar-refractivity contribution in [2.75, 3.05) is 51.4 Å². The summed E-state index contributed by atoms with van der Waals surface area (Å²) in [6.07, 6.45) is 0.814. The summed E-state index contributed by atoms with van der Waals surface area (Å²) in [5.41, 5.74) is 1.24. The Balaban J connectivity index is 1.41. The molecule has 4 rings (SSSR count). The molecule has 0 atom stereocenters. The number of hydrogen-bond donors (Lipinski definition) is 1. The molecule has 180 valence electrons. The fraction of sp³-hybridized carbons (Fsp3) is 0.375. The van der Waals surface area contributed by atoms with E-state index >= 15 is 0 Å². The fourth-order valence-electron chi connectivity index (χ4n) is 3.64. The van der Waals surface area contributed by atoms with Crippen LogP contribution < -0.4 is 15.0 Å². The first-order valence-corrected chi connectivity index (χ1v) is 12.9. The minimum absolute atomic E-state index is 0.0883. The van der Waals surface area contributed by atoms with Crippen LogP contribution in [0.5, 0.6) is 5.75 Å². The van der Waals surface area contributed by atoms with Crippen molar-refractivity contribution in [3.63, 3.8) is 0 Å². The van der Waals surface area contributed by atoms with E-state index in [1.165, 1.54) is 22.7 Å². The molecule has 0 aliphatic carbocycles. The molecule has 2 aromatic heterocycles. The van der Waals surface area contributed by atoms with Gasteiger partial charge in [0, 0.05) is 38.1 Å². The molecule has 0 unspecified atom stereocenters. The number of methoxy groups -OCH3 is 1. The Morgan fingerprint density at radius 3 is 2.82 bits per heavy atom. The van der Waals surface area contributed by atoms with Gasteiger partial charge in [-0.3, -0.25) is 19.4 Å². The molecule has 0 bridgehead atoms. The number of thiazole rings is 1. The first kappa shape index (κ1) is 24.3. The summed E-state index contributed by atoms with van der Waals surface area (Å²) in [7, 11) is 1.61. The molecule has 1 fully saturated rings. The Hall–Kier alpha value is -2.79. The number of nitrogens with one attached hydrogen (secondary N) is 1. The van der Waals surface area contributed by atoms with Crippen LogP contribution >= 0.6 is 22.7 Å². The molecule has 1 saturated heterocycles. The number of morpholine rings is 1. The summed E-state index contributed by atoms with van der Waals surface area (Å²) < 4.78 is 10.6. The highest BCUT2D eigenvalue weighted by molar-refractivity contribution is 7.14. The Labute approximate surface area is 207 Å². The zero-order chi connectivity index (χ0) is 23.8. The minimum atomic E-state index is -0.276. The van der Waals surface area contributed by atoms with Crippen molar-refractivity contribution in [3.05, 3.63) is 63.3 Å². The van der Waals surface area contributed by atoms with Crippen molar-refractivity contribution in [3.8, 4) is 5.75 Å². The highest BCUT2D eigenvalue weighted by Crippen LogP contribution is 2.24. The molecule has 1 N–H and O–H groups in total. The molecule has 3 heterocycles. The second-order valence-corrected chi connectivity index (χ2v) is 9.58. The third kappa shape index (κ3) is 6.41. The molecule has 3 aromatic rings. The largest absolute Gasteiger partial charge is 0.497 e. The standard InChI is InChI=1S/C24H28N4O4S2/c1-31-19-6-2-5-18(15-19)16-25-22(29)20-17-34-24(26-20)28(23(30)21-7-3-14-33-21)9-4-8-27-10-12-32-13-11-27/h2-3,5-7,14-15,17H,4,8-13,16H2,1H3,(H,25,29). The second-order valence-electron chi connectivity index (χ2n) is 7.79. The third-order valence-corrected chi connectivity index (χ3v) is 7.20. The number of ether oxygens (including phenoxy) is 2. The zero-order valence-electron chi connectivity index (χ0n) is 19.1. The van der Waals surface area contributed by atoms with E-state index in [9.17, 15) is 9.59 Å². The number of carbonyl (C=O) groups excluding carboxylic acids is 2. The van der Waals surface area contributed by atoms with Crippen molar-refractivity contribution in [1.29, 1.82) is 0 Å². The summed E-state index contributed by atoms with van der Waals surface area (Å²) >= 11 is 2.72. The number of aromatic nitrogens is 1. The maximum absolute atomic E-state index is 13.2. The number of rotatable bonds is 10. The number of amides is 2. The molecule has 8 nitrogen and oxygen atoms in total. The van der Waals surface area contributed by atoms with Gasteiger partial charge in [-0.2, -0.15) is 0 Å². The van der Waals surface area contributed by atoms with E-state index in [-0.39, 0.29) is 11.8 Å². The fourth-order valence-corrected chi connectivity index (χ4v) is 5.14. The van der Waals surface area contributed by atoms with E-state index in [1.807, 2.05) is 41.8 Å². The van der Waals surface area contributed by atoms with Crippen LogP contribution in [-0.4, -0.2) is 68.2 Å². The third-order valence-electron chi connectivity index (χ3n) is 5.48. The lowest BCUT2D eigenvalue weighted by atomic mass is 10.2. The number of thiophene rings is 1. The molecule has 34 heavy (non-hydrogen) atoms. The molecule has 10 heteroatoms. The van der Waals surface area contributed by atoms with Crippen LogP contribution in [0.4, 0.5) is 5.13 Å². The van der Waals surface area contributed by atoms with Gasteiger partial charge in [-0.25, -0.2) is 4.98 Å². The first-order valence-electron chi connectivity index (χ1n) is 11.2. The monoisotopic (exact) mass is 500 g/mol. The molecule has 0 radical (unpaired) electrons. The van der Waals surface area contributed by atoms with Crippen LogP contribution in [0.2, 0.25) is 0 Å². The summed E-state index contributed by atoms with van der Waals surface area (Å²) in [5.74, 6) is 0.374. The molecular formula is C24H28N4O4S2. The normalized spacial score (nSPS) is 14.0. The minimum Gasteiger partial charge on any atom is -0.497 e. The number of anilines is 1. The van der Waals surface area contributed by atoms with E-state index in [0.717, 1.165) is 50.6 Å². The average Bonchev–Trinajstić information content (AvgIpc) is 3.59. The predicted octanol–water partition coefficient (Wildman–Crippen LogP) is 3.51. The molecule has 0 spiro atoms. The van der Waals surface area contributed by atoms with Gasteiger partial charge in [0.25, 0.3) is 11.8 Å². The van der Waals surface area contributed by atoms with E-state index in [1.54, 1.807) is 17.4 Å². The van der Waals surface area contributed by atoms with Crippen LogP contribution in [0.15, 0.2) is 47.2 Å². The van der Waals surface area contributed by atoms with Gasteiger partial charge >= 0.3 is 0 Å². The van der Waals surface area contributed by atoms with Gasteiger partial charge in [-0.15, -0.1) is 22.7 Å². The van der Waals surface area contributed by atoms with Crippen molar-refractivity contribution >= 4 is 39.6 Å². The summed E-state index contributed by atoms with van der Waals surface area (Å²) in [4.78, 5) is 35.1. The average molecular weight is 501 g/mol. The van der Waals surface area contributed by atoms with Crippen LogP contribution in [-0.2, 0) is 11.3 Å². The Morgan fingerprint density at radius 2 is 2.06 bits per heavy atom. The molecular weight excluding hydrogens is 472 g/mol. The van der Waals surface area contributed by atoms with Crippen molar-refractivity contribution in [1.82, 2.24) is 15.2 Å². The van der Waals surface area contributed by atoms with Crippen molar-refractivity contribution < 1.29 is 19.1 Å². The lowest BCUT2D eigenvalue weighted by molar-refractivity contribution is 0.0376. The van der Waals surface area contributed by atoms with Crippen LogP contribution in [0, 0.1) is 0 Å². The SMILES string of the molecule is COc1cccc(CNC(=O)c2csc(N(CCCN3CCOCC3)C(=O)c3cccs3)n2)c1. The number of nitrogens with zero attached hydrogens (tertiary/aromatic N) is 3. The smallest absolute Gasteiger partial charge is 0.271 e. The van der Waals surface area contributed by atoms with E-state index < -0.39 is 0 Å². The molecule has 1 aliphatic heterocycles. The lowest BCUT2D eigenvalue weighted by Crippen LogP contribution is -2.39. The van der Waals surface area contributed by atoms with E-state index in [2.05, 4.69) is 15.2 Å². The number of benzene rings is 1. The van der Waals surface area contributed by atoms with Crippen molar-refractivity contribution in [2.24, 2.45) is 0 Å². The van der Waals surface area contributed by atoms with Crippen molar-refractivity contribution in [2.45, 2.75) is 13.0 Å². The molecule has 1 aromatic carbocycles. The zero-order valence-corrected chi connectivity index (χ0v) is 20.7. The van der Waals surface area contributed by atoms with Gasteiger partial charge in [0.1, 0.15) is 11.4 Å². The second kappa shape index (κ2) is 12.1. The molecule has 1 aliphatic rings. The Bertz CT molecular complexity index is 1080. The topological polar surface area (TPSA) is 84.0 Å². The Kier molecular flexibility index (Phi) is 8.64. The van der Waals surface area contributed by atoms with Crippen LogP contribution in [0.25, 0.3) is 0 Å². The van der Waals surface area contributed by atoms with Gasteiger partial charge in [-0.1, -0.05) is 18.2 Å². The quantitative estimate of drug-likeness (QED) is 0.459. The van der Waals surface area contributed by atoms with Gasteiger partial charge in [0.15, 0.2) is 5.13 Å². The molecule has 2 amide bonds.